The number of nitrogens with one attached hydrogen (secondary N) is 1. The lowest BCUT2D eigenvalue weighted by molar-refractivity contribution is -0.121. The fraction of sp³-hybridized carbons (Fsp3) is 0.812. The molecule has 0 aromatic heterocycles. The summed E-state index contributed by atoms with van der Waals surface area (Å²) in [5, 5.41) is 2.95. The first-order valence-electron chi connectivity index (χ1n) is 6.92. The molecule has 0 spiro atoms. The number of rotatable bonds is 6. The number of amides is 1. The molecule has 0 heterocycles. The van der Waals surface area contributed by atoms with E-state index in [0.717, 1.165) is 12.8 Å². The van der Waals surface area contributed by atoms with Crippen LogP contribution in [0.25, 0.3) is 0 Å². The quantitative estimate of drug-likeness (QED) is 0.712. The minimum atomic E-state index is 0.0885. The van der Waals surface area contributed by atoms with E-state index in [-0.39, 0.29) is 16.7 Å². The van der Waals surface area contributed by atoms with E-state index in [1.807, 2.05) is 20.8 Å². The minimum Gasteiger partial charge on any atom is -0.356 e. The Labute approximate surface area is 114 Å². The molecule has 1 amide bonds. The second-order valence-electron chi connectivity index (χ2n) is 6.02. The average Bonchev–Trinajstić information content (AvgIpc) is 2.27. The number of terminal acetylenes is 1. The van der Waals surface area contributed by atoms with Gasteiger partial charge in [0.25, 0.3) is 0 Å². The van der Waals surface area contributed by atoms with E-state index in [1.54, 1.807) is 0 Å². The highest BCUT2D eigenvalue weighted by molar-refractivity contribution is 5.75. The van der Waals surface area contributed by atoms with Gasteiger partial charge in [0.15, 0.2) is 0 Å². The van der Waals surface area contributed by atoms with Crippen LogP contribution < -0.4 is 5.32 Å². The first-order valence-corrected chi connectivity index (χ1v) is 6.92. The Kier molecular flexibility index (Phi) is 9.71. The predicted octanol–water partition coefficient (Wildman–Crippen LogP) is 4.00. The van der Waals surface area contributed by atoms with E-state index < -0.39 is 0 Å². The highest BCUT2D eigenvalue weighted by Crippen LogP contribution is 2.35. The molecule has 0 aliphatic heterocycles. The topological polar surface area (TPSA) is 29.1 Å². The molecule has 0 aromatic carbocycles. The summed E-state index contributed by atoms with van der Waals surface area (Å²) in [4.78, 5) is 11.2. The van der Waals surface area contributed by atoms with E-state index in [9.17, 15) is 4.79 Å². The van der Waals surface area contributed by atoms with Gasteiger partial charge in [-0.3, -0.25) is 4.79 Å². The Hall–Kier alpha value is -0.970. The van der Waals surface area contributed by atoms with Crippen molar-refractivity contribution in [1.82, 2.24) is 5.32 Å². The van der Waals surface area contributed by atoms with Crippen LogP contribution in [0.5, 0.6) is 0 Å². The summed E-state index contributed by atoms with van der Waals surface area (Å²) in [6.45, 7) is 15.3. The molecule has 0 aromatic rings. The van der Waals surface area contributed by atoms with Gasteiger partial charge < -0.3 is 5.32 Å². The van der Waals surface area contributed by atoms with E-state index >= 15 is 0 Å². The summed E-state index contributed by atoms with van der Waals surface area (Å²) < 4.78 is 0. The number of hydrogen-bond donors (Lipinski definition) is 1. The van der Waals surface area contributed by atoms with Gasteiger partial charge in [0.05, 0.1) is 0 Å². The lowest BCUT2D eigenvalue weighted by Crippen LogP contribution is -2.36. The summed E-state index contributed by atoms with van der Waals surface area (Å²) in [6.07, 6.45) is 7.69. The molecule has 0 saturated heterocycles. The standard InChI is InChI=1S/C14H25NO.C2H6/c1-7-9-13(3,4)10-14(5,6)11-15-12(16)8-2;1-2/h1H,8-11H2,2-6H3,(H,15,16);1-2H3. The van der Waals surface area contributed by atoms with Gasteiger partial charge in [-0.25, -0.2) is 0 Å². The molecule has 0 rings (SSSR count). The third kappa shape index (κ3) is 10.2. The van der Waals surface area contributed by atoms with E-state index in [1.165, 1.54) is 0 Å². The van der Waals surface area contributed by atoms with E-state index in [2.05, 4.69) is 38.9 Å². The first-order chi connectivity index (χ1) is 8.22. The van der Waals surface area contributed by atoms with Crippen LogP contribution in [0.1, 0.15) is 67.7 Å². The molecule has 2 nitrogen and oxygen atoms in total. The molecule has 0 bridgehead atoms. The number of carbonyl (C=O) groups is 1. The third-order valence-electron chi connectivity index (χ3n) is 2.62. The summed E-state index contributed by atoms with van der Waals surface area (Å²) in [5.41, 5.74) is 0.223. The van der Waals surface area contributed by atoms with Gasteiger partial charge in [-0.05, 0) is 17.3 Å². The van der Waals surface area contributed by atoms with Crippen molar-refractivity contribution in [2.45, 2.75) is 67.7 Å². The molecule has 0 fully saturated rings. The SMILES string of the molecule is C#CCC(C)(C)CC(C)(C)CNC(=O)CC.CC. The molecule has 2 heteroatoms. The maximum Gasteiger partial charge on any atom is 0.219 e. The minimum absolute atomic E-state index is 0.0885. The van der Waals surface area contributed by atoms with Gasteiger partial charge in [-0.2, -0.15) is 0 Å². The predicted molar refractivity (Wildman–Crippen MR) is 80.3 cm³/mol. The second kappa shape index (κ2) is 9.03. The average molecular weight is 253 g/mol. The molecule has 0 aliphatic rings. The van der Waals surface area contributed by atoms with Gasteiger partial charge >= 0.3 is 0 Å². The van der Waals surface area contributed by atoms with Crippen LogP contribution in [0.2, 0.25) is 0 Å². The van der Waals surface area contributed by atoms with Crippen molar-refractivity contribution in [1.29, 1.82) is 0 Å². The smallest absolute Gasteiger partial charge is 0.219 e. The van der Waals surface area contributed by atoms with Gasteiger partial charge in [-0.1, -0.05) is 48.5 Å². The Balaban J connectivity index is 0. The van der Waals surface area contributed by atoms with Crippen molar-refractivity contribution in [3.05, 3.63) is 0 Å². The maximum absolute atomic E-state index is 11.2. The largest absolute Gasteiger partial charge is 0.356 e. The second-order valence-corrected chi connectivity index (χ2v) is 6.02. The number of hydrogen-bond acceptors (Lipinski definition) is 1. The van der Waals surface area contributed by atoms with Crippen LogP contribution in [-0.2, 0) is 4.79 Å². The number of carbonyl (C=O) groups excluding carboxylic acids is 1. The lowest BCUT2D eigenvalue weighted by Gasteiger charge is -2.34. The van der Waals surface area contributed by atoms with Crippen LogP contribution in [0.4, 0.5) is 0 Å². The van der Waals surface area contributed by atoms with Gasteiger partial charge in [0.2, 0.25) is 5.91 Å². The van der Waals surface area contributed by atoms with Crippen molar-refractivity contribution in [2.24, 2.45) is 10.8 Å². The normalized spacial score (nSPS) is 11.0. The molecule has 0 aliphatic carbocycles. The summed E-state index contributed by atoms with van der Waals surface area (Å²) in [7, 11) is 0. The Morgan fingerprint density at radius 2 is 1.67 bits per heavy atom. The fourth-order valence-corrected chi connectivity index (χ4v) is 2.16. The monoisotopic (exact) mass is 253 g/mol. The molecule has 1 N–H and O–H groups in total. The fourth-order valence-electron chi connectivity index (χ4n) is 2.16. The zero-order chi connectivity index (χ0) is 14.8. The third-order valence-corrected chi connectivity index (χ3v) is 2.62. The highest BCUT2D eigenvalue weighted by atomic mass is 16.1. The summed E-state index contributed by atoms with van der Waals surface area (Å²) in [5.74, 6) is 2.83. The molecule has 0 saturated carbocycles. The van der Waals surface area contributed by atoms with E-state index in [4.69, 9.17) is 6.42 Å². The van der Waals surface area contributed by atoms with Crippen LogP contribution in [0.3, 0.4) is 0 Å². The molecule has 106 valence electrons. The first kappa shape index (κ1) is 19.4. The van der Waals surface area contributed by atoms with Crippen molar-refractivity contribution >= 4 is 5.91 Å². The highest BCUT2D eigenvalue weighted by Gasteiger charge is 2.28. The molecule has 0 radical (unpaired) electrons. The van der Waals surface area contributed by atoms with Crippen molar-refractivity contribution in [2.75, 3.05) is 6.54 Å². The lowest BCUT2D eigenvalue weighted by atomic mass is 9.73. The zero-order valence-electron chi connectivity index (χ0n) is 13.3. The molecule has 0 unspecified atom stereocenters. The van der Waals surface area contributed by atoms with E-state index in [0.29, 0.717) is 13.0 Å². The van der Waals surface area contributed by atoms with Crippen molar-refractivity contribution in [3.63, 3.8) is 0 Å². The zero-order valence-corrected chi connectivity index (χ0v) is 13.3. The van der Waals surface area contributed by atoms with Gasteiger partial charge in [-0.15, -0.1) is 12.3 Å². The van der Waals surface area contributed by atoms with Crippen LogP contribution >= 0.6 is 0 Å². The van der Waals surface area contributed by atoms with Gasteiger partial charge in [0.1, 0.15) is 0 Å². The van der Waals surface area contributed by atoms with Crippen LogP contribution in [0, 0.1) is 23.2 Å². The van der Waals surface area contributed by atoms with Crippen molar-refractivity contribution < 1.29 is 4.79 Å². The Bertz CT molecular complexity index is 271. The van der Waals surface area contributed by atoms with Gasteiger partial charge in [0, 0.05) is 19.4 Å². The molecular formula is C16H31NO. The summed E-state index contributed by atoms with van der Waals surface area (Å²) in [6, 6.07) is 0. The Morgan fingerprint density at radius 3 is 2.06 bits per heavy atom. The van der Waals surface area contributed by atoms with Crippen molar-refractivity contribution in [3.8, 4) is 12.3 Å². The molecule has 0 atom stereocenters. The Morgan fingerprint density at radius 1 is 1.17 bits per heavy atom. The molecule has 18 heavy (non-hydrogen) atoms. The summed E-state index contributed by atoms with van der Waals surface area (Å²) >= 11 is 0. The molecular weight excluding hydrogens is 222 g/mol. The van der Waals surface area contributed by atoms with Crippen LogP contribution in [-0.4, -0.2) is 12.5 Å². The van der Waals surface area contributed by atoms with Crippen LogP contribution in [0.15, 0.2) is 0 Å². The maximum atomic E-state index is 11.2.